The summed E-state index contributed by atoms with van der Waals surface area (Å²) in [5.74, 6) is 4.40. The zero-order chi connectivity index (χ0) is 17.2. The fraction of sp³-hybridized carbons (Fsp3) is 1.00. The zero-order valence-corrected chi connectivity index (χ0v) is 16.6. The highest BCUT2D eigenvalue weighted by atomic mass is 19.1. The summed E-state index contributed by atoms with van der Waals surface area (Å²) in [7, 11) is 0. The van der Waals surface area contributed by atoms with Crippen LogP contribution in [0.3, 0.4) is 0 Å². The molecule has 0 nitrogen and oxygen atoms in total. The van der Waals surface area contributed by atoms with Crippen molar-refractivity contribution in [2.75, 3.05) is 0 Å². The van der Waals surface area contributed by atoms with E-state index in [2.05, 4.69) is 41.5 Å². The number of hydrogen-bond donors (Lipinski definition) is 0. The van der Waals surface area contributed by atoms with Crippen molar-refractivity contribution in [3.05, 3.63) is 0 Å². The van der Waals surface area contributed by atoms with E-state index in [9.17, 15) is 4.39 Å². The second-order valence-corrected chi connectivity index (χ2v) is 10.0. The highest BCUT2D eigenvalue weighted by Crippen LogP contribution is 2.52. The molecule has 0 aromatic heterocycles. The third-order valence-corrected chi connectivity index (χ3v) is 7.55. The van der Waals surface area contributed by atoms with E-state index in [-0.39, 0.29) is 11.3 Å². The van der Waals surface area contributed by atoms with Crippen LogP contribution in [0.5, 0.6) is 0 Å². The molecule has 0 spiro atoms. The molecule has 1 heteroatoms. The highest BCUT2D eigenvalue weighted by molar-refractivity contribution is 4.93. The molecule has 2 aliphatic rings. The van der Waals surface area contributed by atoms with Gasteiger partial charge in [-0.15, -0.1) is 0 Å². The summed E-state index contributed by atoms with van der Waals surface area (Å²) in [5, 5.41) is 0. The quantitative estimate of drug-likeness (QED) is 0.461. The van der Waals surface area contributed by atoms with Gasteiger partial charge in [0.2, 0.25) is 0 Å². The third kappa shape index (κ3) is 4.73. The molecule has 2 fully saturated rings. The first-order valence-corrected chi connectivity index (χ1v) is 10.4. The summed E-state index contributed by atoms with van der Waals surface area (Å²) in [6.07, 6.45) is 9.57. The predicted molar refractivity (Wildman–Crippen MR) is 99.2 cm³/mol. The Morgan fingerprint density at radius 2 is 1.70 bits per heavy atom. The van der Waals surface area contributed by atoms with Crippen molar-refractivity contribution in [1.29, 1.82) is 0 Å². The van der Waals surface area contributed by atoms with Crippen molar-refractivity contribution in [2.45, 2.75) is 99.1 Å². The number of halogens is 1. The summed E-state index contributed by atoms with van der Waals surface area (Å²) >= 11 is 0. The van der Waals surface area contributed by atoms with Gasteiger partial charge >= 0.3 is 0 Å². The fourth-order valence-electron chi connectivity index (χ4n) is 5.48. The van der Waals surface area contributed by atoms with E-state index in [1.54, 1.807) is 0 Å². The Morgan fingerprint density at radius 1 is 1.00 bits per heavy atom. The largest absolute Gasteiger partial charge is 0.247 e. The van der Waals surface area contributed by atoms with Gasteiger partial charge in [-0.05, 0) is 73.0 Å². The van der Waals surface area contributed by atoms with E-state index < -0.39 is 6.17 Å². The van der Waals surface area contributed by atoms with E-state index in [1.807, 2.05) is 0 Å². The maximum absolute atomic E-state index is 14.8. The first-order chi connectivity index (χ1) is 10.7. The molecule has 136 valence electrons. The molecule has 0 aromatic rings. The Kier molecular flexibility index (Phi) is 6.59. The van der Waals surface area contributed by atoms with Crippen LogP contribution in [0, 0.1) is 40.9 Å². The van der Waals surface area contributed by atoms with E-state index in [1.165, 1.54) is 38.5 Å². The second kappa shape index (κ2) is 7.87. The summed E-state index contributed by atoms with van der Waals surface area (Å²) in [6, 6.07) is 0. The molecule has 2 rings (SSSR count). The SMILES string of the molecule is CC(C)CCC(F)C(C)C(C)(C)CC1C(C)CCC2CCCC21. The number of fused-ring (bicyclic) bond motifs is 1. The van der Waals surface area contributed by atoms with Gasteiger partial charge in [0.1, 0.15) is 6.17 Å². The van der Waals surface area contributed by atoms with Crippen LogP contribution in [0.15, 0.2) is 0 Å². The summed E-state index contributed by atoms with van der Waals surface area (Å²) < 4.78 is 14.8. The Bertz CT molecular complexity index is 359. The van der Waals surface area contributed by atoms with Gasteiger partial charge in [-0.1, -0.05) is 60.8 Å². The van der Waals surface area contributed by atoms with Gasteiger partial charge < -0.3 is 0 Å². The standard InChI is InChI=1S/C22H41F/c1-15(2)10-13-21(23)17(4)22(5,6)14-20-16(3)11-12-18-8-7-9-19(18)20/h15-21H,7-14H2,1-6H3. The maximum atomic E-state index is 14.8. The van der Waals surface area contributed by atoms with Gasteiger partial charge in [-0.25, -0.2) is 4.39 Å². The fourth-order valence-corrected chi connectivity index (χ4v) is 5.48. The molecule has 2 saturated carbocycles. The molecular weight excluding hydrogens is 283 g/mol. The summed E-state index contributed by atoms with van der Waals surface area (Å²) in [5.41, 5.74) is 0.125. The smallest absolute Gasteiger partial charge is 0.103 e. The molecule has 6 atom stereocenters. The second-order valence-electron chi connectivity index (χ2n) is 10.0. The van der Waals surface area contributed by atoms with E-state index in [4.69, 9.17) is 0 Å². The molecule has 0 aliphatic heterocycles. The molecule has 0 N–H and O–H groups in total. The maximum Gasteiger partial charge on any atom is 0.103 e. The van der Waals surface area contributed by atoms with Crippen LogP contribution in [0.25, 0.3) is 0 Å². The van der Waals surface area contributed by atoms with E-state index >= 15 is 0 Å². The molecule has 0 bridgehead atoms. The molecule has 0 aromatic carbocycles. The molecule has 0 radical (unpaired) electrons. The Labute approximate surface area is 145 Å². The van der Waals surface area contributed by atoms with Crippen LogP contribution in [-0.4, -0.2) is 6.17 Å². The van der Waals surface area contributed by atoms with Crippen molar-refractivity contribution in [1.82, 2.24) is 0 Å². The van der Waals surface area contributed by atoms with Crippen molar-refractivity contribution >= 4 is 0 Å². The average molecular weight is 325 g/mol. The van der Waals surface area contributed by atoms with Crippen molar-refractivity contribution in [3.8, 4) is 0 Å². The number of alkyl halides is 1. The van der Waals surface area contributed by atoms with Crippen molar-refractivity contribution in [3.63, 3.8) is 0 Å². The van der Waals surface area contributed by atoms with Gasteiger partial charge in [0, 0.05) is 0 Å². The lowest BCUT2D eigenvalue weighted by Gasteiger charge is -2.45. The van der Waals surface area contributed by atoms with Gasteiger partial charge in [0.05, 0.1) is 0 Å². The summed E-state index contributed by atoms with van der Waals surface area (Å²) in [4.78, 5) is 0. The molecular formula is C22H41F. The minimum Gasteiger partial charge on any atom is -0.247 e. The Hall–Kier alpha value is -0.0700. The van der Waals surface area contributed by atoms with Crippen LogP contribution in [0.1, 0.15) is 92.9 Å². The number of hydrogen-bond acceptors (Lipinski definition) is 0. The van der Waals surface area contributed by atoms with Crippen molar-refractivity contribution < 1.29 is 4.39 Å². The van der Waals surface area contributed by atoms with Gasteiger partial charge in [0.25, 0.3) is 0 Å². The Morgan fingerprint density at radius 3 is 2.35 bits per heavy atom. The third-order valence-electron chi connectivity index (χ3n) is 7.55. The van der Waals surface area contributed by atoms with Gasteiger partial charge in [-0.2, -0.15) is 0 Å². The average Bonchev–Trinajstić information content (AvgIpc) is 2.95. The number of rotatable bonds is 7. The molecule has 0 saturated heterocycles. The topological polar surface area (TPSA) is 0 Å². The van der Waals surface area contributed by atoms with Crippen molar-refractivity contribution in [2.24, 2.45) is 40.9 Å². The predicted octanol–water partition coefficient (Wildman–Crippen LogP) is 7.28. The van der Waals surface area contributed by atoms with E-state index in [0.29, 0.717) is 5.92 Å². The summed E-state index contributed by atoms with van der Waals surface area (Å²) in [6.45, 7) is 13.7. The molecule has 23 heavy (non-hydrogen) atoms. The normalized spacial score (nSPS) is 34.4. The lowest BCUT2D eigenvalue weighted by Crippen LogP contribution is -2.38. The molecule has 0 amide bonds. The first-order valence-electron chi connectivity index (χ1n) is 10.4. The van der Waals surface area contributed by atoms with E-state index in [0.717, 1.165) is 36.5 Å². The molecule has 6 unspecified atom stereocenters. The van der Waals surface area contributed by atoms with Gasteiger partial charge in [-0.3, -0.25) is 0 Å². The monoisotopic (exact) mass is 324 g/mol. The van der Waals surface area contributed by atoms with Crippen LogP contribution in [-0.2, 0) is 0 Å². The van der Waals surface area contributed by atoms with Gasteiger partial charge in [0.15, 0.2) is 0 Å². The van der Waals surface area contributed by atoms with Crippen LogP contribution in [0.2, 0.25) is 0 Å². The Balaban J connectivity index is 1.97. The molecule has 2 aliphatic carbocycles. The lowest BCUT2D eigenvalue weighted by atomic mass is 9.61. The lowest BCUT2D eigenvalue weighted by molar-refractivity contribution is 0.0287. The first kappa shape index (κ1) is 19.3. The highest BCUT2D eigenvalue weighted by Gasteiger charge is 2.44. The van der Waals surface area contributed by atoms with Crippen LogP contribution in [0.4, 0.5) is 4.39 Å². The minimum atomic E-state index is -0.634. The van der Waals surface area contributed by atoms with Crippen LogP contribution >= 0.6 is 0 Å². The van der Waals surface area contributed by atoms with Crippen LogP contribution < -0.4 is 0 Å². The minimum absolute atomic E-state index is 0.125. The molecule has 0 heterocycles. The zero-order valence-electron chi connectivity index (χ0n) is 16.6.